The highest BCUT2D eigenvalue weighted by molar-refractivity contribution is 5.85. The summed E-state index contributed by atoms with van der Waals surface area (Å²) in [7, 11) is 1.37. The van der Waals surface area contributed by atoms with Crippen LogP contribution >= 0.6 is 0 Å². The summed E-state index contributed by atoms with van der Waals surface area (Å²) in [5.74, 6) is -1.11. The van der Waals surface area contributed by atoms with Gasteiger partial charge in [-0.1, -0.05) is 6.92 Å². The molecule has 0 aromatic rings. The highest BCUT2D eigenvalue weighted by Crippen LogP contribution is 2.69. The highest BCUT2D eigenvalue weighted by atomic mass is 16.8. The number of hydrogen-bond donors (Lipinski definition) is 8. The van der Waals surface area contributed by atoms with Crippen molar-refractivity contribution in [1.29, 1.82) is 0 Å². The van der Waals surface area contributed by atoms with Crippen molar-refractivity contribution in [3.05, 3.63) is 11.6 Å². The minimum atomic E-state index is -1.82. The Bertz CT molecular complexity index is 1730. The molecule has 362 valence electrons. The Hall–Kier alpha value is -2.25. The SMILES string of the molecule is CO[C@H]1[C@H](OC(C)=O)[C@H](O[C@@H]2CC[C@]3(C=O)[C@@H](CC[C@H]4[C@H]3CC[C@@]3(C)[C@H](C5=CC(=O)OC5)CC[C@@]43O)C2)O[C@@H](C)[C@@H]1O[C@H]1O[C@@H](CO[C@@H]2O[C@H](CO)[C@@H](O)[C@H](O)[C@H]2O)[C@H](O)[C@@H](O)[C@@H]1O. The smallest absolute Gasteiger partial charge is 0.331 e. The van der Waals surface area contributed by atoms with Crippen LogP contribution in [0.2, 0.25) is 0 Å². The lowest BCUT2D eigenvalue weighted by Gasteiger charge is -2.63. The third kappa shape index (κ3) is 8.18. The quantitative estimate of drug-likeness (QED) is 0.0629. The van der Waals surface area contributed by atoms with Gasteiger partial charge in [-0.3, -0.25) is 4.79 Å². The molecule has 0 unspecified atom stereocenters. The van der Waals surface area contributed by atoms with Gasteiger partial charge in [0.15, 0.2) is 25.0 Å². The second-order valence-electron chi connectivity index (χ2n) is 19.7. The van der Waals surface area contributed by atoms with Crippen molar-refractivity contribution in [3.8, 4) is 0 Å². The topological polar surface area (TPSA) is 296 Å². The van der Waals surface area contributed by atoms with Crippen LogP contribution in [0.4, 0.5) is 0 Å². The molecule has 4 saturated carbocycles. The van der Waals surface area contributed by atoms with Gasteiger partial charge in [-0.15, -0.1) is 0 Å². The van der Waals surface area contributed by atoms with E-state index in [-0.39, 0.29) is 36.2 Å². The maximum atomic E-state index is 13.4. The van der Waals surface area contributed by atoms with E-state index in [0.29, 0.717) is 32.1 Å². The van der Waals surface area contributed by atoms with E-state index in [1.807, 2.05) is 0 Å². The zero-order valence-corrected chi connectivity index (χ0v) is 36.7. The first-order valence-corrected chi connectivity index (χ1v) is 22.7. The van der Waals surface area contributed by atoms with Crippen LogP contribution in [-0.4, -0.2) is 190 Å². The van der Waals surface area contributed by atoms with E-state index in [9.17, 15) is 55.2 Å². The minimum Gasteiger partial charge on any atom is -0.458 e. The maximum Gasteiger partial charge on any atom is 0.331 e. The van der Waals surface area contributed by atoms with Crippen molar-refractivity contribution in [2.24, 2.45) is 34.5 Å². The first kappa shape index (κ1) is 48.2. The lowest BCUT2D eigenvalue weighted by molar-refractivity contribution is -0.367. The van der Waals surface area contributed by atoms with Gasteiger partial charge in [0.25, 0.3) is 0 Å². The number of cyclic esters (lactones) is 1. The molecule has 0 aromatic carbocycles. The maximum absolute atomic E-state index is 13.4. The fraction of sp³-hybridized carbons (Fsp3) is 0.886. The fourth-order valence-corrected chi connectivity index (χ4v) is 13.2. The molecule has 3 saturated heterocycles. The summed E-state index contributed by atoms with van der Waals surface area (Å²) < 4.78 is 52.9. The van der Waals surface area contributed by atoms with E-state index in [1.54, 1.807) is 13.0 Å². The minimum absolute atomic E-state index is 0.0247. The van der Waals surface area contributed by atoms with Crippen molar-refractivity contribution in [2.75, 3.05) is 26.9 Å². The third-order valence-corrected chi connectivity index (χ3v) is 16.6. The molecule has 0 bridgehead atoms. The second kappa shape index (κ2) is 18.7. The van der Waals surface area contributed by atoms with Crippen LogP contribution in [0.1, 0.15) is 78.6 Å². The molecule has 8 N–H and O–H groups in total. The van der Waals surface area contributed by atoms with Crippen LogP contribution in [0.15, 0.2) is 11.6 Å². The van der Waals surface area contributed by atoms with Crippen LogP contribution in [0, 0.1) is 34.5 Å². The first-order valence-electron chi connectivity index (χ1n) is 22.7. The molecule has 4 heterocycles. The summed E-state index contributed by atoms with van der Waals surface area (Å²) in [6, 6.07) is 0. The Labute approximate surface area is 371 Å². The normalized spacial score (nSPS) is 51.6. The molecular weight excluding hydrogens is 848 g/mol. The number of hydrogen-bond acceptors (Lipinski definition) is 20. The summed E-state index contributed by atoms with van der Waals surface area (Å²) in [6.07, 6.45) is -13.6. The number of carbonyl (C=O) groups is 3. The van der Waals surface area contributed by atoms with Gasteiger partial charge in [0, 0.05) is 30.9 Å². The molecule has 0 spiro atoms. The number of aliphatic hydroxyl groups excluding tert-OH is 7. The highest BCUT2D eigenvalue weighted by Gasteiger charge is 2.69. The van der Waals surface area contributed by atoms with Crippen LogP contribution in [0.25, 0.3) is 0 Å². The van der Waals surface area contributed by atoms with Crippen LogP contribution in [-0.2, 0) is 57.0 Å². The number of fused-ring (bicyclic) bond motifs is 5. The van der Waals surface area contributed by atoms with Gasteiger partial charge in [-0.05, 0) is 94.0 Å². The molecule has 23 atom stereocenters. The molecule has 7 fully saturated rings. The Balaban J connectivity index is 0.927. The number of ether oxygens (including phenoxy) is 9. The molecule has 0 amide bonds. The largest absolute Gasteiger partial charge is 0.458 e. The van der Waals surface area contributed by atoms with E-state index < -0.39 is 134 Å². The molecule has 0 aromatic heterocycles. The fourth-order valence-electron chi connectivity index (χ4n) is 13.2. The Morgan fingerprint density at radius 3 is 2.17 bits per heavy atom. The zero-order valence-electron chi connectivity index (χ0n) is 36.7. The summed E-state index contributed by atoms with van der Waals surface area (Å²) in [6.45, 7) is 4.00. The Kier molecular flexibility index (Phi) is 14.1. The van der Waals surface area contributed by atoms with E-state index >= 15 is 0 Å². The predicted octanol–water partition coefficient (Wildman–Crippen LogP) is -1.49. The Morgan fingerprint density at radius 1 is 0.812 bits per heavy atom. The average Bonchev–Trinajstić information content (AvgIpc) is 3.82. The molecule has 8 rings (SSSR count). The van der Waals surface area contributed by atoms with E-state index in [1.165, 1.54) is 14.0 Å². The van der Waals surface area contributed by atoms with Crippen molar-refractivity contribution in [3.63, 3.8) is 0 Å². The van der Waals surface area contributed by atoms with Gasteiger partial charge in [0.1, 0.15) is 73.9 Å². The third-order valence-electron chi connectivity index (χ3n) is 16.6. The van der Waals surface area contributed by atoms with Crippen molar-refractivity contribution in [1.82, 2.24) is 0 Å². The van der Waals surface area contributed by atoms with Crippen molar-refractivity contribution >= 4 is 18.2 Å². The monoisotopic (exact) mass is 914 g/mol. The molecule has 8 aliphatic rings. The zero-order chi connectivity index (χ0) is 46.0. The molecule has 4 aliphatic heterocycles. The number of carbonyl (C=O) groups excluding carboxylic acids is 3. The van der Waals surface area contributed by atoms with Gasteiger partial charge in [0.2, 0.25) is 0 Å². The molecule has 4 aliphatic carbocycles. The first-order chi connectivity index (χ1) is 30.4. The number of esters is 2. The second-order valence-corrected chi connectivity index (χ2v) is 19.7. The van der Waals surface area contributed by atoms with Crippen LogP contribution < -0.4 is 0 Å². The molecule has 20 heteroatoms. The number of rotatable bonds is 12. The number of methoxy groups -OCH3 is 1. The van der Waals surface area contributed by atoms with Gasteiger partial charge in [-0.25, -0.2) is 4.79 Å². The molecule has 0 radical (unpaired) electrons. The molecular formula is C44H66O20. The van der Waals surface area contributed by atoms with Crippen LogP contribution in [0.3, 0.4) is 0 Å². The Morgan fingerprint density at radius 2 is 1.52 bits per heavy atom. The molecule has 64 heavy (non-hydrogen) atoms. The van der Waals surface area contributed by atoms with Gasteiger partial charge < -0.3 is 88.3 Å². The van der Waals surface area contributed by atoms with Gasteiger partial charge in [0.05, 0.1) is 31.0 Å². The number of aliphatic hydroxyl groups is 8. The average molecular weight is 915 g/mol. The van der Waals surface area contributed by atoms with Crippen molar-refractivity contribution in [2.45, 2.75) is 182 Å². The van der Waals surface area contributed by atoms with E-state index in [2.05, 4.69) is 6.92 Å². The summed E-state index contributed by atoms with van der Waals surface area (Å²) in [5, 5.41) is 85.5. The van der Waals surface area contributed by atoms with Gasteiger partial charge in [-0.2, -0.15) is 0 Å². The van der Waals surface area contributed by atoms with E-state index in [4.69, 9.17) is 42.6 Å². The summed E-state index contributed by atoms with van der Waals surface area (Å²) in [4.78, 5) is 38.0. The standard InChI is InChI=1S/C44H66O20/c1-19-36(64-40-35(54)33(52)31(50)28(63-40)17-58-39-34(53)32(51)30(49)27(15-45)62-39)37(56-4)38(60-20(2)47)41(59-19)61-23-7-11-43(18-46)22(14-23)5-6-26-25(43)8-10-42(3)24(9-12-44(26,42)55)21-13-29(48)57-16-21/h13,18-19,22-28,30-41,45,49-55H,5-12,14-17H2,1-4H3/t19-,22-,23+,24-,25+,26-,27+,28-,30+,31-,32-,33+,34+,35-,36-,37+,38-,39+,40+,41-,42-,43-,44+/m0/s1. The predicted molar refractivity (Wildman–Crippen MR) is 213 cm³/mol. The van der Waals surface area contributed by atoms with Crippen molar-refractivity contribution < 1.29 is 97.9 Å². The van der Waals surface area contributed by atoms with E-state index in [0.717, 1.165) is 37.5 Å². The van der Waals surface area contributed by atoms with Gasteiger partial charge >= 0.3 is 11.9 Å². The summed E-state index contributed by atoms with van der Waals surface area (Å²) >= 11 is 0. The lowest BCUT2D eigenvalue weighted by Crippen LogP contribution is -2.65. The van der Waals surface area contributed by atoms with Crippen LogP contribution in [0.5, 0.6) is 0 Å². The number of aldehydes is 1. The lowest BCUT2D eigenvalue weighted by atomic mass is 9.43. The summed E-state index contributed by atoms with van der Waals surface area (Å²) in [5.41, 5.74) is -1.15. The molecule has 20 nitrogen and oxygen atoms in total.